The molecule has 1 aromatic heterocycles. The van der Waals surface area contributed by atoms with Crippen LogP contribution in [0.1, 0.15) is 24.2 Å². The Bertz CT molecular complexity index is 574. The monoisotopic (exact) mass is 337 g/mol. The number of benzene rings is 1. The molecule has 19 heavy (non-hydrogen) atoms. The molecule has 0 spiro atoms. The van der Waals surface area contributed by atoms with Crippen LogP contribution in [0.15, 0.2) is 45.0 Å². The maximum absolute atomic E-state index is 4.40. The molecule has 1 heterocycles. The van der Waals surface area contributed by atoms with Crippen LogP contribution < -0.4 is 5.32 Å². The van der Waals surface area contributed by atoms with Gasteiger partial charge in [0.25, 0.3) is 0 Å². The first-order valence-electron chi connectivity index (χ1n) is 6.04. The van der Waals surface area contributed by atoms with E-state index in [0.717, 1.165) is 20.2 Å². The Balaban J connectivity index is 2.21. The van der Waals surface area contributed by atoms with Gasteiger partial charge in [-0.25, -0.2) is 9.97 Å². The molecule has 0 aliphatic rings. The molecular formula is C14H16BrN3S. The molecule has 0 amide bonds. The van der Waals surface area contributed by atoms with Crippen LogP contribution in [-0.4, -0.2) is 17.0 Å². The molecule has 0 saturated carbocycles. The van der Waals surface area contributed by atoms with Crippen LogP contribution in [0.4, 0.5) is 0 Å². The van der Waals surface area contributed by atoms with Crippen LogP contribution in [0.2, 0.25) is 0 Å². The number of rotatable bonds is 4. The number of nitrogens with one attached hydrogen (secondary N) is 1. The summed E-state index contributed by atoms with van der Waals surface area (Å²) in [6.07, 6.45) is 1.79. The average Bonchev–Trinajstić information content (AvgIpc) is 2.38. The number of aryl methyl sites for hydroxylation is 1. The van der Waals surface area contributed by atoms with Gasteiger partial charge in [-0.2, -0.15) is 0 Å². The summed E-state index contributed by atoms with van der Waals surface area (Å²) in [5.74, 6) is 0. The van der Waals surface area contributed by atoms with Crippen LogP contribution in [0.25, 0.3) is 0 Å². The molecule has 1 aromatic carbocycles. The van der Waals surface area contributed by atoms with Crippen molar-refractivity contribution in [3.63, 3.8) is 0 Å². The number of hydrogen-bond donors (Lipinski definition) is 1. The maximum atomic E-state index is 4.40. The quantitative estimate of drug-likeness (QED) is 0.856. The lowest BCUT2D eigenvalue weighted by molar-refractivity contribution is 0.649. The van der Waals surface area contributed by atoms with Crippen LogP contribution in [0.5, 0.6) is 0 Å². The Morgan fingerprint density at radius 3 is 2.74 bits per heavy atom. The fourth-order valence-electron chi connectivity index (χ4n) is 1.66. The summed E-state index contributed by atoms with van der Waals surface area (Å²) in [4.78, 5) is 9.79. The fraction of sp³-hybridized carbons (Fsp3) is 0.286. The standard InChI is InChI=1S/C14H16BrN3S/c1-9-6-7-17-14(18-9)19-11-4-5-12(10(2)16-3)13(15)8-11/h4-8,10,16H,1-3H3. The molecule has 0 aliphatic heterocycles. The van der Waals surface area contributed by atoms with Crippen molar-refractivity contribution in [2.75, 3.05) is 7.05 Å². The first kappa shape index (κ1) is 14.5. The average molecular weight is 338 g/mol. The predicted molar refractivity (Wildman–Crippen MR) is 82.5 cm³/mol. The zero-order valence-electron chi connectivity index (χ0n) is 11.1. The second kappa shape index (κ2) is 6.50. The van der Waals surface area contributed by atoms with E-state index in [1.165, 1.54) is 5.56 Å². The topological polar surface area (TPSA) is 37.8 Å². The summed E-state index contributed by atoms with van der Waals surface area (Å²) in [5, 5.41) is 4.02. The van der Waals surface area contributed by atoms with Gasteiger partial charge >= 0.3 is 0 Å². The minimum absolute atomic E-state index is 0.323. The Hall–Kier alpha value is -0.910. The van der Waals surface area contributed by atoms with Gasteiger partial charge in [0.2, 0.25) is 0 Å². The Kier molecular flexibility index (Phi) is 4.96. The van der Waals surface area contributed by atoms with Crippen molar-refractivity contribution < 1.29 is 0 Å². The van der Waals surface area contributed by atoms with Crippen molar-refractivity contribution in [1.82, 2.24) is 15.3 Å². The van der Waals surface area contributed by atoms with Crippen LogP contribution in [0.3, 0.4) is 0 Å². The van der Waals surface area contributed by atoms with Crippen molar-refractivity contribution in [1.29, 1.82) is 0 Å². The number of halogens is 1. The molecule has 5 heteroatoms. The summed E-state index contributed by atoms with van der Waals surface area (Å²) in [6.45, 7) is 4.11. The van der Waals surface area contributed by atoms with Gasteiger partial charge in [0, 0.05) is 27.3 Å². The lowest BCUT2D eigenvalue weighted by atomic mass is 10.1. The number of hydrogen-bond acceptors (Lipinski definition) is 4. The molecule has 0 saturated heterocycles. The van der Waals surface area contributed by atoms with Gasteiger partial charge < -0.3 is 5.32 Å². The van der Waals surface area contributed by atoms with Crippen molar-refractivity contribution in [3.05, 3.63) is 46.2 Å². The minimum atomic E-state index is 0.323. The molecule has 100 valence electrons. The third-order valence-corrected chi connectivity index (χ3v) is 4.41. The predicted octanol–water partition coefficient (Wildman–Crippen LogP) is 3.98. The lowest BCUT2D eigenvalue weighted by Crippen LogP contribution is -2.12. The highest BCUT2D eigenvalue weighted by Crippen LogP contribution is 2.31. The third kappa shape index (κ3) is 3.78. The van der Waals surface area contributed by atoms with Gasteiger partial charge in [-0.1, -0.05) is 22.0 Å². The van der Waals surface area contributed by atoms with Crippen molar-refractivity contribution in [2.45, 2.75) is 29.9 Å². The molecule has 3 nitrogen and oxygen atoms in total. The van der Waals surface area contributed by atoms with E-state index in [2.05, 4.69) is 56.3 Å². The van der Waals surface area contributed by atoms with Crippen LogP contribution in [-0.2, 0) is 0 Å². The first-order chi connectivity index (χ1) is 9.10. The van der Waals surface area contributed by atoms with E-state index in [9.17, 15) is 0 Å². The Morgan fingerprint density at radius 1 is 1.32 bits per heavy atom. The molecule has 2 aromatic rings. The normalized spacial score (nSPS) is 12.4. The van der Waals surface area contributed by atoms with E-state index in [0.29, 0.717) is 6.04 Å². The zero-order valence-corrected chi connectivity index (χ0v) is 13.5. The van der Waals surface area contributed by atoms with Crippen LogP contribution >= 0.6 is 27.7 Å². The van der Waals surface area contributed by atoms with Gasteiger partial charge in [0.05, 0.1) is 0 Å². The molecule has 0 fully saturated rings. The van der Waals surface area contributed by atoms with E-state index >= 15 is 0 Å². The van der Waals surface area contributed by atoms with Gasteiger partial charge in [-0.05, 0) is 56.4 Å². The van der Waals surface area contributed by atoms with Gasteiger partial charge in [0.1, 0.15) is 0 Å². The number of nitrogens with zero attached hydrogens (tertiary/aromatic N) is 2. The molecular weight excluding hydrogens is 322 g/mol. The molecule has 1 atom stereocenters. The largest absolute Gasteiger partial charge is 0.313 e. The fourth-order valence-corrected chi connectivity index (χ4v) is 3.36. The summed E-state index contributed by atoms with van der Waals surface area (Å²) in [6, 6.07) is 8.56. The smallest absolute Gasteiger partial charge is 0.192 e. The number of aromatic nitrogens is 2. The SMILES string of the molecule is CNC(C)c1ccc(Sc2nccc(C)n2)cc1Br. The van der Waals surface area contributed by atoms with E-state index in [4.69, 9.17) is 0 Å². The summed E-state index contributed by atoms with van der Waals surface area (Å²) in [7, 11) is 1.96. The highest BCUT2D eigenvalue weighted by molar-refractivity contribution is 9.10. The Labute approximate surface area is 126 Å². The molecule has 0 radical (unpaired) electrons. The maximum Gasteiger partial charge on any atom is 0.192 e. The van der Waals surface area contributed by atoms with Crippen molar-refractivity contribution in [3.8, 4) is 0 Å². The molecule has 1 N–H and O–H groups in total. The second-order valence-corrected chi connectivity index (χ2v) is 6.17. The zero-order chi connectivity index (χ0) is 13.8. The van der Waals surface area contributed by atoms with Gasteiger partial charge in [-0.15, -0.1) is 0 Å². The first-order valence-corrected chi connectivity index (χ1v) is 7.65. The van der Waals surface area contributed by atoms with Gasteiger partial charge in [-0.3, -0.25) is 0 Å². The molecule has 0 aliphatic carbocycles. The summed E-state index contributed by atoms with van der Waals surface area (Å²) < 4.78 is 1.10. The van der Waals surface area contributed by atoms with Gasteiger partial charge in [0.15, 0.2) is 5.16 Å². The van der Waals surface area contributed by atoms with E-state index in [1.807, 2.05) is 20.0 Å². The summed E-state index contributed by atoms with van der Waals surface area (Å²) in [5.41, 5.74) is 2.23. The van der Waals surface area contributed by atoms with E-state index in [1.54, 1.807) is 18.0 Å². The minimum Gasteiger partial charge on any atom is -0.313 e. The highest BCUT2D eigenvalue weighted by atomic mass is 79.9. The molecule has 2 rings (SSSR count). The summed E-state index contributed by atoms with van der Waals surface area (Å²) >= 11 is 5.19. The van der Waals surface area contributed by atoms with Crippen molar-refractivity contribution in [2.24, 2.45) is 0 Å². The second-order valence-electron chi connectivity index (χ2n) is 4.28. The highest BCUT2D eigenvalue weighted by Gasteiger charge is 2.09. The van der Waals surface area contributed by atoms with Crippen LogP contribution in [0, 0.1) is 6.92 Å². The molecule has 0 bridgehead atoms. The van der Waals surface area contributed by atoms with E-state index < -0.39 is 0 Å². The van der Waals surface area contributed by atoms with E-state index in [-0.39, 0.29) is 0 Å². The third-order valence-electron chi connectivity index (χ3n) is 2.85. The lowest BCUT2D eigenvalue weighted by Gasteiger charge is -2.13. The Morgan fingerprint density at radius 2 is 2.11 bits per heavy atom. The molecule has 1 unspecified atom stereocenters. The van der Waals surface area contributed by atoms with Crippen molar-refractivity contribution >= 4 is 27.7 Å².